The van der Waals surface area contributed by atoms with Crippen molar-refractivity contribution in [2.75, 3.05) is 0 Å². The number of nitrogens with two attached hydrogens (primary N) is 1. The Morgan fingerprint density at radius 1 is 1.17 bits per heavy atom. The number of nitrogens with zero attached hydrogens (tertiary/aromatic N) is 1. The largest absolute Gasteiger partial charge is 0.392 e. The fourth-order valence-electron chi connectivity index (χ4n) is 2.64. The summed E-state index contributed by atoms with van der Waals surface area (Å²) in [4.78, 5) is 14.4. The number of aromatic nitrogens is 1. The van der Waals surface area contributed by atoms with Gasteiger partial charge in [-0.3, -0.25) is 4.79 Å². The molecule has 1 heterocycles. The Morgan fingerprint density at radius 2 is 1.87 bits per heavy atom. The van der Waals surface area contributed by atoms with Gasteiger partial charge in [0.05, 0.1) is 18.2 Å². The number of H-pyrrole nitrogens is 1. The fraction of sp³-hybridized carbons (Fsp3) is 0.111. The molecule has 0 bridgehead atoms. The third-order valence-electron chi connectivity index (χ3n) is 3.80. The van der Waals surface area contributed by atoms with Crippen LogP contribution in [0.1, 0.15) is 32.7 Å². The number of benzene rings is 2. The van der Waals surface area contributed by atoms with Crippen molar-refractivity contribution in [3.05, 3.63) is 70.4 Å². The minimum absolute atomic E-state index is 0.00699. The number of carbonyl (C=O) groups is 1. The van der Waals surface area contributed by atoms with E-state index in [1.165, 1.54) is 0 Å². The summed E-state index contributed by atoms with van der Waals surface area (Å²) in [7, 11) is 0. The van der Waals surface area contributed by atoms with Gasteiger partial charge in [-0.15, -0.1) is 0 Å². The number of aromatic amines is 1. The first-order chi connectivity index (χ1) is 11.1. The smallest absolute Gasteiger partial charge is 0.265 e. The molecule has 0 aliphatic rings. The van der Waals surface area contributed by atoms with Crippen molar-refractivity contribution in [1.82, 2.24) is 4.98 Å². The predicted octanol–water partition coefficient (Wildman–Crippen LogP) is 2.22. The van der Waals surface area contributed by atoms with Crippen molar-refractivity contribution in [2.24, 2.45) is 5.73 Å². The first-order valence-electron chi connectivity index (χ1n) is 7.15. The number of carbonyl (C=O) groups excluding carboxylic acids is 1. The number of nitriles is 1. The van der Waals surface area contributed by atoms with E-state index in [0.29, 0.717) is 17.7 Å². The summed E-state index contributed by atoms with van der Waals surface area (Å²) in [6.45, 7) is 0.00699. The van der Waals surface area contributed by atoms with Gasteiger partial charge >= 0.3 is 0 Å². The SMILES string of the molecule is N#Cc1cc(Cc2ccc(CO)cc2)c2[nH]c(C(N)=O)cc2c1. The van der Waals surface area contributed by atoms with Crippen molar-refractivity contribution in [1.29, 1.82) is 5.26 Å². The maximum absolute atomic E-state index is 11.4. The van der Waals surface area contributed by atoms with E-state index in [-0.39, 0.29) is 6.61 Å². The minimum Gasteiger partial charge on any atom is -0.392 e. The van der Waals surface area contributed by atoms with Crippen molar-refractivity contribution < 1.29 is 9.90 Å². The molecule has 2 aromatic carbocycles. The summed E-state index contributed by atoms with van der Waals surface area (Å²) >= 11 is 0. The monoisotopic (exact) mass is 305 g/mol. The van der Waals surface area contributed by atoms with Gasteiger partial charge in [-0.1, -0.05) is 24.3 Å². The van der Waals surface area contributed by atoms with E-state index < -0.39 is 5.91 Å². The van der Waals surface area contributed by atoms with Gasteiger partial charge in [0.1, 0.15) is 5.69 Å². The molecular weight excluding hydrogens is 290 g/mol. The molecule has 0 saturated carbocycles. The number of nitrogens with one attached hydrogen (secondary N) is 1. The topological polar surface area (TPSA) is 103 Å². The summed E-state index contributed by atoms with van der Waals surface area (Å²) in [5, 5.41) is 19.1. The summed E-state index contributed by atoms with van der Waals surface area (Å²) in [6, 6.07) is 15.0. The summed E-state index contributed by atoms with van der Waals surface area (Å²) in [5.41, 5.74) is 9.81. The lowest BCUT2D eigenvalue weighted by molar-refractivity contribution is 0.0996. The number of amides is 1. The number of hydrogen-bond donors (Lipinski definition) is 3. The van der Waals surface area contributed by atoms with Gasteiger partial charge in [0.15, 0.2) is 0 Å². The number of primary amides is 1. The zero-order chi connectivity index (χ0) is 16.4. The second-order valence-electron chi connectivity index (χ2n) is 5.41. The number of hydrogen-bond acceptors (Lipinski definition) is 3. The van der Waals surface area contributed by atoms with Crippen LogP contribution in [0.3, 0.4) is 0 Å². The highest BCUT2D eigenvalue weighted by Gasteiger charge is 2.11. The van der Waals surface area contributed by atoms with Crippen molar-refractivity contribution >= 4 is 16.8 Å². The fourth-order valence-corrected chi connectivity index (χ4v) is 2.64. The first-order valence-corrected chi connectivity index (χ1v) is 7.15. The van der Waals surface area contributed by atoms with Crippen LogP contribution in [-0.4, -0.2) is 16.0 Å². The highest BCUT2D eigenvalue weighted by atomic mass is 16.3. The molecule has 4 N–H and O–H groups in total. The molecule has 1 aromatic heterocycles. The molecule has 23 heavy (non-hydrogen) atoms. The number of aliphatic hydroxyl groups is 1. The van der Waals surface area contributed by atoms with Crippen molar-refractivity contribution in [3.8, 4) is 6.07 Å². The van der Waals surface area contributed by atoms with E-state index in [1.807, 2.05) is 30.3 Å². The molecule has 3 rings (SSSR count). The van der Waals surface area contributed by atoms with Gasteiger partial charge in [-0.2, -0.15) is 5.26 Å². The molecule has 1 amide bonds. The van der Waals surface area contributed by atoms with Gasteiger partial charge in [-0.25, -0.2) is 0 Å². The van der Waals surface area contributed by atoms with E-state index >= 15 is 0 Å². The standard InChI is InChI=1S/C18H15N3O2/c19-9-13-6-14(5-11-1-3-12(10-22)4-2-11)17-15(7-13)8-16(21-17)18(20)23/h1-4,6-8,21-22H,5,10H2,(H2,20,23). The van der Waals surface area contributed by atoms with Crippen LogP contribution in [0.2, 0.25) is 0 Å². The lowest BCUT2D eigenvalue weighted by Gasteiger charge is -2.06. The van der Waals surface area contributed by atoms with Gasteiger partial charge in [0.2, 0.25) is 0 Å². The molecule has 0 radical (unpaired) electrons. The molecule has 0 spiro atoms. The third-order valence-corrected chi connectivity index (χ3v) is 3.80. The van der Waals surface area contributed by atoms with Gasteiger partial charge in [-0.05, 0) is 41.3 Å². The van der Waals surface area contributed by atoms with Gasteiger partial charge < -0.3 is 15.8 Å². The molecule has 114 valence electrons. The average molecular weight is 305 g/mol. The van der Waals surface area contributed by atoms with Gasteiger partial charge in [0.25, 0.3) is 5.91 Å². The van der Waals surface area contributed by atoms with Crippen LogP contribution in [0.4, 0.5) is 0 Å². The predicted molar refractivity (Wildman–Crippen MR) is 86.7 cm³/mol. The van der Waals surface area contributed by atoms with E-state index in [0.717, 1.165) is 27.6 Å². The molecule has 0 unspecified atom stereocenters. The number of aliphatic hydroxyl groups excluding tert-OH is 1. The van der Waals surface area contributed by atoms with Gasteiger partial charge in [0, 0.05) is 10.9 Å². The zero-order valence-corrected chi connectivity index (χ0v) is 12.3. The van der Waals surface area contributed by atoms with E-state index in [1.54, 1.807) is 12.1 Å². The van der Waals surface area contributed by atoms with Crippen LogP contribution < -0.4 is 5.73 Å². The molecule has 0 saturated heterocycles. The van der Waals surface area contributed by atoms with Crippen molar-refractivity contribution in [3.63, 3.8) is 0 Å². The molecular formula is C18H15N3O2. The summed E-state index contributed by atoms with van der Waals surface area (Å²) in [5.74, 6) is -0.530. The van der Waals surface area contributed by atoms with Crippen LogP contribution in [0, 0.1) is 11.3 Å². The normalized spacial score (nSPS) is 10.6. The lowest BCUT2D eigenvalue weighted by atomic mass is 9.99. The Morgan fingerprint density at radius 3 is 2.48 bits per heavy atom. The van der Waals surface area contributed by atoms with E-state index in [4.69, 9.17) is 10.8 Å². The second-order valence-corrected chi connectivity index (χ2v) is 5.41. The molecule has 0 atom stereocenters. The molecule has 0 aliphatic carbocycles. The summed E-state index contributed by atoms with van der Waals surface area (Å²) in [6.07, 6.45) is 0.608. The maximum atomic E-state index is 11.4. The molecule has 3 aromatic rings. The van der Waals surface area contributed by atoms with Crippen LogP contribution >= 0.6 is 0 Å². The minimum atomic E-state index is -0.530. The number of fused-ring (bicyclic) bond motifs is 1. The zero-order valence-electron chi connectivity index (χ0n) is 12.3. The quantitative estimate of drug-likeness (QED) is 0.688. The Labute approximate surface area is 133 Å². The molecule has 0 aliphatic heterocycles. The third kappa shape index (κ3) is 2.93. The van der Waals surface area contributed by atoms with Crippen LogP contribution in [-0.2, 0) is 13.0 Å². The van der Waals surface area contributed by atoms with Crippen molar-refractivity contribution in [2.45, 2.75) is 13.0 Å². The molecule has 5 nitrogen and oxygen atoms in total. The van der Waals surface area contributed by atoms with Crippen LogP contribution in [0.25, 0.3) is 10.9 Å². The Balaban J connectivity index is 2.07. The van der Waals surface area contributed by atoms with Crippen LogP contribution in [0.5, 0.6) is 0 Å². The summed E-state index contributed by atoms with van der Waals surface area (Å²) < 4.78 is 0. The molecule has 0 fully saturated rings. The Kier molecular flexibility index (Phi) is 3.83. The average Bonchev–Trinajstić information content (AvgIpc) is 3.00. The maximum Gasteiger partial charge on any atom is 0.265 e. The molecule has 5 heteroatoms. The van der Waals surface area contributed by atoms with Crippen LogP contribution in [0.15, 0.2) is 42.5 Å². The second kappa shape index (κ2) is 5.95. The highest BCUT2D eigenvalue weighted by molar-refractivity contribution is 5.98. The first kappa shape index (κ1) is 14.8. The number of rotatable bonds is 4. The van der Waals surface area contributed by atoms with E-state index in [9.17, 15) is 10.1 Å². The highest BCUT2D eigenvalue weighted by Crippen LogP contribution is 2.24. The van der Waals surface area contributed by atoms with E-state index in [2.05, 4.69) is 11.1 Å². The lowest BCUT2D eigenvalue weighted by Crippen LogP contribution is -2.10. The Hall–Kier alpha value is -3.10. The Bertz CT molecular complexity index is 918.